The highest BCUT2D eigenvalue weighted by Crippen LogP contribution is 2.35. The molecule has 1 unspecified atom stereocenters. The molecule has 20 heavy (non-hydrogen) atoms. The minimum Gasteiger partial charge on any atom is -0.383 e. The number of unbranched alkanes of at least 4 members (excludes halogenated alkanes) is 1. The highest BCUT2D eigenvalue weighted by Gasteiger charge is 2.28. The fourth-order valence-electron chi connectivity index (χ4n) is 2.56. The van der Waals surface area contributed by atoms with Crippen molar-refractivity contribution in [1.82, 2.24) is 5.32 Å². The van der Waals surface area contributed by atoms with Crippen LogP contribution < -0.4 is 5.32 Å². The second-order valence-electron chi connectivity index (χ2n) is 5.53. The van der Waals surface area contributed by atoms with Crippen molar-refractivity contribution >= 4 is 27.3 Å². The summed E-state index contributed by atoms with van der Waals surface area (Å²) in [6.45, 7) is 7.43. The highest BCUT2D eigenvalue weighted by atomic mass is 79.9. The number of hydrogen-bond acceptors (Lipinski definition) is 3. The quantitative estimate of drug-likeness (QED) is 0.567. The van der Waals surface area contributed by atoms with E-state index in [1.54, 1.807) is 7.11 Å². The van der Waals surface area contributed by atoms with E-state index in [-0.39, 0.29) is 0 Å². The zero-order valence-corrected chi connectivity index (χ0v) is 15.4. The van der Waals surface area contributed by atoms with Crippen molar-refractivity contribution in [2.75, 3.05) is 26.8 Å². The lowest BCUT2D eigenvalue weighted by atomic mass is 9.76. The Morgan fingerprint density at radius 2 is 2.20 bits per heavy atom. The molecular weight excluding hydrogens is 334 g/mol. The molecule has 2 nitrogen and oxygen atoms in total. The van der Waals surface area contributed by atoms with E-state index in [9.17, 15) is 0 Å². The second kappa shape index (κ2) is 9.93. The number of rotatable bonds is 11. The fourth-order valence-corrected chi connectivity index (χ4v) is 4.19. The Bertz CT molecular complexity index is 369. The molecule has 0 bridgehead atoms. The van der Waals surface area contributed by atoms with Crippen LogP contribution in [-0.2, 0) is 11.2 Å². The number of nitrogens with one attached hydrogen (secondary N) is 1. The van der Waals surface area contributed by atoms with E-state index in [2.05, 4.69) is 46.5 Å². The third-order valence-electron chi connectivity index (χ3n) is 3.96. The molecule has 0 radical (unpaired) electrons. The molecule has 1 atom stereocenters. The van der Waals surface area contributed by atoms with Crippen molar-refractivity contribution in [3.63, 3.8) is 0 Å². The monoisotopic (exact) mass is 361 g/mol. The van der Waals surface area contributed by atoms with Crippen LogP contribution in [0.3, 0.4) is 0 Å². The molecule has 1 aromatic rings. The summed E-state index contributed by atoms with van der Waals surface area (Å²) in [7, 11) is 1.76. The fraction of sp³-hybridized carbons (Fsp3) is 0.750. The molecule has 116 valence electrons. The summed E-state index contributed by atoms with van der Waals surface area (Å²) in [4.78, 5) is 1.49. The Balaban J connectivity index is 2.64. The molecule has 0 amide bonds. The van der Waals surface area contributed by atoms with Gasteiger partial charge in [0.1, 0.15) is 0 Å². The molecular formula is C16H28BrNOS. The largest absolute Gasteiger partial charge is 0.383 e. The van der Waals surface area contributed by atoms with Gasteiger partial charge in [-0.2, -0.15) is 0 Å². The highest BCUT2D eigenvalue weighted by molar-refractivity contribution is 9.10. The van der Waals surface area contributed by atoms with Crippen LogP contribution in [-0.4, -0.2) is 26.8 Å². The van der Waals surface area contributed by atoms with E-state index in [1.807, 2.05) is 11.3 Å². The Morgan fingerprint density at radius 1 is 1.40 bits per heavy atom. The molecule has 0 aliphatic carbocycles. The van der Waals surface area contributed by atoms with Crippen LogP contribution in [0, 0.1) is 5.41 Å². The maximum Gasteiger partial charge on any atom is 0.0587 e. The third kappa shape index (κ3) is 6.25. The predicted octanol–water partition coefficient (Wildman–Crippen LogP) is 4.88. The molecule has 0 saturated carbocycles. The summed E-state index contributed by atoms with van der Waals surface area (Å²) in [5, 5.41) is 5.77. The number of methoxy groups -OCH3 is 1. The van der Waals surface area contributed by atoms with Gasteiger partial charge in [-0.3, -0.25) is 0 Å². The zero-order chi connectivity index (χ0) is 14.8. The van der Waals surface area contributed by atoms with E-state index in [1.165, 1.54) is 41.5 Å². The topological polar surface area (TPSA) is 21.3 Å². The first-order valence-corrected chi connectivity index (χ1v) is 9.25. The first-order valence-electron chi connectivity index (χ1n) is 7.58. The minimum atomic E-state index is 0.383. The summed E-state index contributed by atoms with van der Waals surface area (Å²) in [6.07, 6.45) is 6.29. The molecule has 1 aromatic heterocycles. The second-order valence-corrected chi connectivity index (χ2v) is 7.45. The summed E-state index contributed by atoms with van der Waals surface area (Å²) in [5.74, 6) is 0. The molecule has 4 heteroatoms. The Hall–Kier alpha value is 0.1000. The molecule has 1 heterocycles. The maximum atomic E-state index is 5.13. The van der Waals surface area contributed by atoms with E-state index in [0.717, 1.165) is 19.7 Å². The van der Waals surface area contributed by atoms with Crippen LogP contribution in [0.4, 0.5) is 0 Å². The van der Waals surface area contributed by atoms with Gasteiger partial charge in [-0.1, -0.05) is 26.7 Å². The van der Waals surface area contributed by atoms with Crippen LogP contribution in [0.25, 0.3) is 0 Å². The van der Waals surface area contributed by atoms with Crippen LogP contribution in [0.1, 0.15) is 44.4 Å². The van der Waals surface area contributed by atoms with E-state index in [0.29, 0.717) is 5.41 Å². The number of halogens is 1. The van der Waals surface area contributed by atoms with Gasteiger partial charge in [0, 0.05) is 34.9 Å². The van der Waals surface area contributed by atoms with Gasteiger partial charge in [0.2, 0.25) is 0 Å². The third-order valence-corrected chi connectivity index (χ3v) is 5.66. The Labute approximate surface area is 136 Å². The SMILES string of the molecule is CCCCC(CC)(CNCCOC)Cc1cc(Br)cs1. The molecule has 0 aromatic carbocycles. The molecule has 0 fully saturated rings. The van der Waals surface area contributed by atoms with Crippen molar-refractivity contribution in [3.8, 4) is 0 Å². The lowest BCUT2D eigenvalue weighted by Gasteiger charge is -2.33. The molecule has 1 N–H and O–H groups in total. The lowest BCUT2D eigenvalue weighted by Crippen LogP contribution is -2.37. The van der Waals surface area contributed by atoms with E-state index >= 15 is 0 Å². The van der Waals surface area contributed by atoms with Crippen LogP contribution >= 0.6 is 27.3 Å². The summed E-state index contributed by atoms with van der Waals surface area (Å²) in [6, 6.07) is 2.27. The first kappa shape index (κ1) is 18.1. The Kier molecular flexibility index (Phi) is 9.01. The van der Waals surface area contributed by atoms with Gasteiger partial charge < -0.3 is 10.1 Å². The van der Waals surface area contributed by atoms with Crippen molar-refractivity contribution < 1.29 is 4.74 Å². The van der Waals surface area contributed by atoms with Crippen molar-refractivity contribution in [2.45, 2.75) is 46.0 Å². The number of ether oxygens (including phenoxy) is 1. The predicted molar refractivity (Wildman–Crippen MR) is 92.7 cm³/mol. The molecule has 0 saturated heterocycles. The van der Waals surface area contributed by atoms with Gasteiger partial charge in [-0.25, -0.2) is 0 Å². The number of thiophene rings is 1. The maximum absolute atomic E-state index is 5.13. The molecule has 1 rings (SSSR count). The smallest absolute Gasteiger partial charge is 0.0587 e. The van der Waals surface area contributed by atoms with Gasteiger partial charge in [-0.05, 0) is 46.7 Å². The van der Waals surface area contributed by atoms with Crippen molar-refractivity contribution in [1.29, 1.82) is 0 Å². The van der Waals surface area contributed by atoms with Gasteiger partial charge in [0.05, 0.1) is 6.61 Å². The van der Waals surface area contributed by atoms with Gasteiger partial charge in [0.15, 0.2) is 0 Å². The average molecular weight is 362 g/mol. The molecule has 0 aliphatic rings. The van der Waals surface area contributed by atoms with Crippen molar-refractivity contribution in [2.24, 2.45) is 5.41 Å². The Morgan fingerprint density at radius 3 is 2.75 bits per heavy atom. The van der Waals surface area contributed by atoms with Gasteiger partial charge in [0.25, 0.3) is 0 Å². The minimum absolute atomic E-state index is 0.383. The lowest BCUT2D eigenvalue weighted by molar-refractivity contribution is 0.182. The van der Waals surface area contributed by atoms with E-state index in [4.69, 9.17) is 4.74 Å². The molecule has 0 spiro atoms. The van der Waals surface area contributed by atoms with Gasteiger partial charge in [-0.15, -0.1) is 11.3 Å². The van der Waals surface area contributed by atoms with Crippen LogP contribution in [0.5, 0.6) is 0 Å². The molecule has 0 aliphatic heterocycles. The van der Waals surface area contributed by atoms with E-state index < -0.39 is 0 Å². The summed E-state index contributed by atoms with van der Waals surface area (Å²) in [5.41, 5.74) is 0.383. The number of hydrogen-bond donors (Lipinski definition) is 1. The normalized spacial score (nSPS) is 14.4. The zero-order valence-electron chi connectivity index (χ0n) is 13.0. The van der Waals surface area contributed by atoms with Crippen LogP contribution in [0.15, 0.2) is 15.9 Å². The van der Waals surface area contributed by atoms with Crippen molar-refractivity contribution in [3.05, 3.63) is 20.8 Å². The first-order chi connectivity index (χ1) is 9.65. The van der Waals surface area contributed by atoms with Crippen LogP contribution in [0.2, 0.25) is 0 Å². The average Bonchev–Trinajstić information content (AvgIpc) is 2.86. The van der Waals surface area contributed by atoms with Gasteiger partial charge >= 0.3 is 0 Å². The summed E-state index contributed by atoms with van der Waals surface area (Å²) < 4.78 is 6.34. The summed E-state index contributed by atoms with van der Waals surface area (Å²) >= 11 is 5.44. The standard InChI is InChI=1S/C16H28BrNOS/c1-4-6-7-16(5-2,13-18-8-9-19-3)11-15-10-14(17)12-20-15/h10,12,18H,4-9,11,13H2,1-3H3.